The van der Waals surface area contributed by atoms with Gasteiger partial charge in [-0.2, -0.15) is 0 Å². The van der Waals surface area contributed by atoms with Crippen LogP contribution in [0.1, 0.15) is 5.56 Å². The smallest absolute Gasteiger partial charge is 0.287 e. The van der Waals surface area contributed by atoms with Crippen molar-refractivity contribution in [2.24, 2.45) is 0 Å². The van der Waals surface area contributed by atoms with Gasteiger partial charge in [-0.25, -0.2) is 4.98 Å². The van der Waals surface area contributed by atoms with Gasteiger partial charge in [-0.05, 0) is 24.6 Å². The molecule has 6 nitrogen and oxygen atoms in total. The molecule has 7 heteroatoms. The minimum Gasteiger partial charge on any atom is -0.369 e. The average molecular weight is 305 g/mol. The van der Waals surface area contributed by atoms with E-state index in [1.165, 1.54) is 12.3 Å². The standard InChI is InChI=1S/C14H15N3O3S/c1-11-9-12(17(18)19)10-16-14(11)15-7-8-21(20)13-5-3-2-4-6-13/h2-6,9-10H,7-8H2,1H3,(H,15,16)/t21-/m1/s1. The largest absolute Gasteiger partial charge is 0.369 e. The van der Waals surface area contributed by atoms with Gasteiger partial charge in [0.15, 0.2) is 0 Å². The van der Waals surface area contributed by atoms with Crippen molar-refractivity contribution in [2.75, 3.05) is 17.6 Å². The number of hydrogen-bond donors (Lipinski definition) is 1. The molecule has 2 aromatic rings. The minimum atomic E-state index is -1.07. The van der Waals surface area contributed by atoms with Crippen LogP contribution >= 0.6 is 0 Å². The van der Waals surface area contributed by atoms with E-state index < -0.39 is 15.7 Å². The van der Waals surface area contributed by atoms with Crippen LogP contribution in [0, 0.1) is 17.0 Å². The Hall–Kier alpha value is -2.28. The number of nitro groups is 1. The Morgan fingerprint density at radius 1 is 1.33 bits per heavy atom. The Bertz CT molecular complexity index is 662. The van der Waals surface area contributed by atoms with Gasteiger partial charge in [-0.3, -0.25) is 14.3 Å². The maximum Gasteiger partial charge on any atom is 0.287 e. The molecular weight excluding hydrogens is 290 g/mol. The predicted octanol–water partition coefficient (Wildman–Crippen LogP) is 2.52. The first-order valence-electron chi connectivity index (χ1n) is 6.36. The number of rotatable bonds is 6. The van der Waals surface area contributed by atoms with Crippen molar-refractivity contribution < 1.29 is 9.13 Å². The molecule has 2 rings (SSSR count). The molecule has 0 aliphatic carbocycles. The van der Waals surface area contributed by atoms with Crippen LogP contribution in [0.5, 0.6) is 0 Å². The second kappa shape index (κ2) is 6.94. The average Bonchev–Trinajstić information content (AvgIpc) is 2.49. The van der Waals surface area contributed by atoms with Gasteiger partial charge in [0.1, 0.15) is 12.0 Å². The summed E-state index contributed by atoms with van der Waals surface area (Å²) in [7, 11) is -1.07. The van der Waals surface area contributed by atoms with Crippen LogP contribution < -0.4 is 5.32 Å². The second-order valence-corrected chi connectivity index (χ2v) is 5.98. The Balaban J connectivity index is 1.92. The van der Waals surface area contributed by atoms with Gasteiger partial charge < -0.3 is 5.32 Å². The summed E-state index contributed by atoms with van der Waals surface area (Å²) in [5.41, 5.74) is 0.653. The SMILES string of the molecule is Cc1cc([N+](=O)[O-])cnc1NCC[S@@](=O)c1ccccc1. The lowest BCUT2D eigenvalue weighted by molar-refractivity contribution is -0.385. The van der Waals surface area contributed by atoms with E-state index in [2.05, 4.69) is 10.3 Å². The zero-order valence-corrected chi connectivity index (χ0v) is 12.3. The maximum atomic E-state index is 12.0. The molecule has 21 heavy (non-hydrogen) atoms. The number of pyridine rings is 1. The van der Waals surface area contributed by atoms with Gasteiger partial charge in [0.2, 0.25) is 0 Å². The van der Waals surface area contributed by atoms with E-state index in [4.69, 9.17) is 0 Å². The Kier molecular flexibility index (Phi) is 4.99. The molecule has 110 valence electrons. The minimum absolute atomic E-state index is 0.0362. The first-order valence-corrected chi connectivity index (χ1v) is 7.68. The highest BCUT2D eigenvalue weighted by molar-refractivity contribution is 7.85. The molecule has 1 N–H and O–H groups in total. The normalized spacial score (nSPS) is 11.9. The molecule has 0 fully saturated rings. The van der Waals surface area contributed by atoms with Gasteiger partial charge in [0.05, 0.1) is 15.7 Å². The summed E-state index contributed by atoms with van der Waals surface area (Å²) >= 11 is 0. The number of aromatic nitrogens is 1. The van der Waals surface area contributed by atoms with Crippen LogP contribution in [0.3, 0.4) is 0 Å². The zero-order chi connectivity index (χ0) is 15.2. The number of nitrogens with zero attached hydrogens (tertiary/aromatic N) is 2. The van der Waals surface area contributed by atoms with Gasteiger partial charge in [-0.15, -0.1) is 0 Å². The molecule has 0 radical (unpaired) electrons. The highest BCUT2D eigenvalue weighted by atomic mass is 32.2. The van der Waals surface area contributed by atoms with Crippen molar-refractivity contribution >= 4 is 22.3 Å². The molecule has 1 atom stereocenters. The number of hydrogen-bond acceptors (Lipinski definition) is 5. The van der Waals surface area contributed by atoms with Crippen molar-refractivity contribution in [3.05, 3.63) is 58.3 Å². The molecule has 1 aromatic heterocycles. The molecule has 0 amide bonds. The fraction of sp³-hybridized carbons (Fsp3) is 0.214. The number of aryl methyl sites for hydroxylation is 1. The van der Waals surface area contributed by atoms with Gasteiger partial charge in [0, 0.05) is 23.3 Å². The van der Waals surface area contributed by atoms with Gasteiger partial charge in [0.25, 0.3) is 5.69 Å². The van der Waals surface area contributed by atoms with Crippen LogP contribution in [0.25, 0.3) is 0 Å². The first-order chi connectivity index (χ1) is 10.1. The van der Waals surface area contributed by atoms with Crippen LogP contribution in [-0.4, -0.2) is 26.4 Å². The number of benzene rings is 1. The molecule has 0 spiro atoms. The third-order valence-corrected chi connectivity index (χ3v) is 4.23. The molecular formula is C14H15N3O3S. The van der Waals surface area contributed by atoms with E-state index in [1.807, 2.05) is 30.3 Å². The first kappa shape index (κ1) is 15.1. The fourth-order valence-corrected chi connectivity index (χ4v) is 2.78. The number of nitrogens with one attached hydrogen (secondary N) is 1. The summed E-state index contributed by atoms with van der Waals surface area (Å²) in [6.45, 7) is 2.23. The Labute approximate surface area is 124 Å². The summed E-state index contributed by atoms with van der Waals surface area (Å²) in [6.07, 6.45) is 1.21. The third-order valence-electron chi connectivity index (χ3n) is 2.86. The molecule has 0 saturated heterocycles. The van der Waals surface area contributed by atoms with Crippen molar-refractivity contribution in [3.63, 3.8) is 0 Å². The summed E-state index contributed by atoms with van der Waals surface area (Å²) < 4.78 is 12.0. The molecule has 0 aliphatic rings. The van der Waals surface area contributed by atoms with E-state index in [0.29, 0.717) is 23.7 Å². The topological polar surface area (TPSA) is 85.1 Å². The van der Waals surface area contributed by atoms with E-state index in [1.54, 1.807) is 6.92 Å². The second-order valence-electron chi connectivity index (χ2n) is 4.41. The zero-order valence-electron chi connectivity index (χ0n) is 11.5. The quantitative estimate of drug-likeness (QED) is 0.654. The lowest BCUT2D eigenvalue weighted by Crippen LogP contribution is -2.12. The Morgan fingerprint density at radius 3 is 2.67 bits per heavy atom. The maximum absolute atomic E-state index is 12.0. The molecule has 0 unspecified atom stereocenters. The number of anilines is 1. The van der Waals surface area contributed by atoms with Crippen LogP contribution in [0.4, 0.5) is 11.5 Å². The van der Waals surface area contributed by atoms with Gasteiger partial charge in [-0.1, -0.05) is 18.2 Å². The molecule has 0 saturated carbocycles. The molecule has 1 aromatic carbocycles. The van der Waals surface area contributed by atoms with Crippen molar-refractivity contribution in [3.8, 4) is 0 Å². The lowest BCUT2D eigenvalue weighted by atomic mass is 10.2. The van der Waals surface area contributed by atoms with E-state index in [9.17, 15) is 14.3 Å². The molecule has 1 heterocycles. The summed E-state index contributed by atoms with van der Waals surface area (Å²) in [6, 6.07) is 10.7. The van der Waals surface area contributed by atoms with Gasteiger partial charge >= 0.3 is 0 Å². The van der Waals surface area contributed by atoms with E-state index >= 15 is 0 Å². The van der Waals surface area contributed by atoms with E-state index in [0.717, 1.165) is 4.90 Å². The van der Waals surface area contributed by atoms with Crippen LogP contribution in [0.2, 0.25) is 0 Å². The van der Waals surface area contributed by atoms with Crippen molar-refractivity contribution in [1.29, 1.82) is 0 Å². The third kappa shape index (κ3) is 4.09. The van der Waals surface area contributed by atoms with Crippen molar-refractivity contribution in [2.45, 2.75) is 11.8 Å². The van der Waals surface area contributed by atoms with Crippen LogP contribution in [-0.2, 0) is 10.8 Å². The Morgan fingerprint density at radius 2 is 2.05 bits per heavy atom. The highest BCUT2D eigenvalue weighted by Crippen LogP contribution is 2.17. The summed E-state index contributed by atoms with van der Waals surface area (Å²) in [5, 5.41) is 13.7. The summed E-state index contributed by atoms with van der Waals surface area (Å²) in [4.78, 5) is 15.0. The fourth-order valence-electron chi connectivity index (χ4n) is 1.80. The highest BCUT2D eigenvalue weighted by Gasteiger charge is 2.09. The lowest BCUT2D eigenvalue weighted by Gasteiger charge is -2.08. The predicted molar refractivity (Wildman–Crippen MR) is 81.8 cm³/mol. The molecule has 0 aliphatic heterocycles. The molecule has 0 bridgehead atoms. The monoisotopic (exact) mass is 305 g/mol. The van der Waals surface area contributed by atoms with E-state index in [-0.39, 0.29) is 5.69 Å². The summed E-state index contributed by atoms with van der Waals surface area (Å²) in [5.74, 6) is 1.02. The van der Waals surface area contributed by atoms with Crippen LogP contribution in [0.15, 0.2) is 47.5 Å². The van der Waals surface area contributed by atoms with Crippen molar-refractivity contribution in [1.82, 2.24) is 4.98 Å².